The minimum Gasteiger partial charge on any atom is -0.494 e. The molecule has 2 aromatic carbocycles. The number of hydrogen-bond acceptors (Lipinski definition) is 3. The Hall–Kier alpha value is -2.27. The van der Waals surface area contributed by atoms with Crippen molar-refractivity contribution in [3.8, 4) is 5.75 Å². The van der Waals surface area contributed by atoms with E-state index in [-0.39, 0.29) is 6.04 Å². The molecule has 3 rings (SSSR count). The molecule has 1 atom stereocenters. The van der Waals surface area contributed by atoms with Gasteiger partial charge in [-0.15, -0.1) is 0 Å². The van der Waals surface area contributed by atoms with Gasteiger partial charge in [0, 0.05) is 24.5 Å². The predicted octanol–water partition coefficient (Wildman–Crippen LogP) is 4.73. The van der Waals surface area contributed by atoms with E-state index < -0.39 is 0 Å². The normalized spacial score (nSPS) is 14.8. The molecule has 2 aromatic rings. The SMILES string of the molecule is CCOc1ccc(NC(=S)N[C@@H](C)c2ccc(N3CCCC3)cc2)cc1. The van der Waals surface area contributed by atoms with Gasteiger partial charge in [-0.3, -0.25) is 0 Å². The van der Waals surface area contributed by atoms with Gasteiger partial charge in [-0.05, 0) is 80.9 Å². The highest BCUT2D eigenvalue weighted by Gasteiger charge is 2.13. The Morgan fingerprint density at radius 2 is 1.73 bits per heavy atom. The van der Waals surface area contributed by atoms with Crippen LogP contribution in [0.4, 0.5) is 11.4 Å². The zero-order chi connectivity index (χ0) is 18.4. The summed E-state index contributed by atoms with van der Waals surface area (Å²) in [5.41, 5.74) is 3.49. The first kappa shape index (κ1) is 18.5. The van der Waals surface area contributed by atoms with Crippen molar-refractivity contribution in [2.24, 2.45) is 0 Å². The van der Waals surface area contributed by atoms with Gasteiger partial charge in [0.2, 0.25) is 0 Å². The van der Waals surface area contributed by atoms with Crippen LogP contribution in [0.5, 0.6) is 5.75 Å². The molecule has 0 spiro atoms. The maximum Gasteiger partial charge on any atom is 0.171 e. The fraction of sp³-hybridized carbons (Fsp3) is 0.381. The van der Waals surface area contributed by atoms with Crippen molar-refractivity contribution in [1.29, 1.82) is 0 Å². The van der Waals surface area contributed by atoms with Crippen LogP contribution in [0, 0.1) is 0 Å². The minimum atomic E-state index is 0.144. The summed E-state index contributed by atoms with van der Waals surface area (Å²) in [6.07, 6.45) is 2.59. The molecule has 0 unspecified atom stereocenters. The zero-order valence-corrected chi connectivity index (χ0v) is 16.3. The predicted molar refractivity (Wildman–Crippen MR) is 113 cm³/mol. The van der Waals surface area contributed by atoms with Crippen LogP contribution in [0.3, 0.4) is 0 Å². The van der Waals surface area contributed by atoms with Crippen molar-refractivity contribution in [1.82, 2.24) is 5.32 Å². The lowest BCUT2D eigenvalue weighted by molar-refractivity contribution is 0.340. The van der Waals surface area contributed by atoms with Crippen molar-refractivity contribution in [3.05, 3.63) is 54.1 Å². The van der Waals surface area contributed by atoms with E-state index in [0.29, 0.717) is 11.7 Å². The maximum absolute atomic E-state index is 5.45. The molecular weight excluding hydrogens is 342 g/mol. The monoisotopic (exact) mass is 369 g/mol. The summed E-state index contributed by atoms with van der Waals surface area (Å²) >= 11 is 5.45. The van der Waals surface area contributed by atoms with Crippen LogP contribution in [-0.4, -0.2) is 24.8 Å². The lowest BCUT2D eigenvalue weighted by atomic mass is 10.1. The summed E-state index contributed by atoms with van der Waals surface area (Å²) in [6.45, 7) is 7.11. The first-order valence-corrected chi connectivity index (χ1v) is 9.72. The van der Waals surface area contributed by atoms with Crippen LogP contribution in [0.1, 0.15) is 38.3 Å². The summed E-state index contributed by atoms with van der Waals surface area (Å²) in [7, 11) is 0. The summed E-state index contributed by atoms with van der Waals surface area (Å²) < 4.78 is 5.45. The molecule has 26 heavy (non-hydrogen) atoms. The average molecular weight is 370 g/mol. The summed E-state index contributed by atoms with van der Waals surface area (Å²) in [5, 5.41) is 7.19. The second kappa shape index (κ2) is 8.90. The molecule has 1 aliphatic heterocycles. The van der Waals surface area contributed by atoms with Crippen LogP contribution in [-0.2, 0) is 0 Å². The van der Waals surface area contributed by atoms with Gasteiger partial charge in [0.25, 0.3) is 0 Å². The van der Waals surface area contributed by atoms with Crippen LogP contribution < -0.4 is 20.3 Å². The van der Waals surface area contributed by atoms with Crippen LogP contribution in [0.25, 0.3) is 0 Å². The molecule has 5 heteroatoms. The molecule has 0 radical (unpaired) electrons. The maximum atomic E-state index is 5.45. The van der Waals surface area contributed by atoms with Gasteiger partial charge in [0.15, 0.2) is 5.11 Å². The number of ether oxygens (including phenoxy) is 1. The molecule has 1 aliphatic rings. The highest BCUT2D eigenvalue weighted by atomic mass is 32.1. The van der Waals surface area contributed by atoms with Crippen molar-refractivity contribution < 1.29 is 4.74 Å². The fourth-order valence-corrected chi connectivity index (χ4v) is 3.49. The van der Waals surface area contributed by atoms with E-state index in [1.807, 2.05) is 31.2 Å². The Kier molecular flexibility index (Phi) is 6.34. The van der Waals surface area contributed by atoms with E-state index in [9.17, 15) is 0 Å². The first-order chi connectivity index (χ1) is 12.7. The minimum absolute atomic E-state index is 0.144. The number of rotatable bonds is 6. The lowest BCUT2D eigenvalue weighted by Gasteiger charge is -2.20. The molecule has 0 bridgehead atoms. The van der Waals surface area contributed by atoms with Gasteiger partial charge in [-0.2, -0.15) is 0 Å². The topological polar surface area (TPSA) is 36.5 Å². The van der Waals surface area contributed by atoms with Crippen LogP contribution in [0.2, 0.25) is 0 Å². The highest BCUT2D eigenvalue weighted by molar-refractivity contribution is 7.80. The largest absolute Gasteiger partial charge is 0.494 e. The standard InChI is InChI=1S/C21H27N3OS/c1-3-25-20-12-8-18(9-13-20)23-21(26)22-16(2)17-6-10-19(11-7-17)24-14-4-5-15-24/h6-13,16H,3-5,14-15H2,1-2H3,(H2,22,23,26)/t16-/m0/s1. The van der Waals surface area contributed by atoms with Gasteiger partial charge < -0.3 is 20.3 Å². The molecule has 0 aromatic heterocycles. The number of anilines is 2. The van der Waals surface area contributed by atoms with Gasteiger partial charge in [0.05, 0.1) is 12.6 Å². The second-order valence-corrected chi connectivity index (χ2v) is 6.97. The lowest BCUT2D eigenvalue weighted by Crippen LogP contribution is -2.30. The third kappa shape index (κ3) is 4.88. The van der Waals surface area contributed by atoms with Crippen molar-refractivity contribution in [2.75, 3.05) is 29.9 Å². The molecule has 1 fully saturated rings. The molecule has 0 amide bonds. The number of hydrogen-bond donors (Lipinski definition) is 2. The van der Waals surface area contributed by atoms with Gasteiger partial charge >= 0.3 is 0 Å². The molecular formula is C21H27N3OS. The van der Waals surface area contributed by atoms with E-state index in [4.69, 9.17) is 17.0 Å². The van der Waals surface area contributed by atoms with Gasteiger partial charge in [-0.25, -0.2) is 0 Å². The summed E-state index contributed by atoms with van der Waals surface area (Å²) in [5.74, 6) is 0.864. The Labute approximate surface area is 161 Å². The second-order valence-electron chi connectivity index (χ2n) is 6.56. The summed E-state index contributed by atoms with van der Waals surface area (Å²) in [6, 6.07) is 16.7. The van der Waals surface area contributed by atoms with E-state index in [1.54, 1.807) is 0 Å². The number of benzene rings is 2. The van der Waals surface area contributed by atoms with Crippen molar-refractivity contribution >= 4 is 28.7 Å². The summed E-state index contributed by atoms with van der Waals surface area (Å²) in [4.78, 5) is 2.44. The molecule has 1 heterocycles. The van der Waals surface area contributed by atoms with E-state index >= 15 is 0 Å². The highest BCUT2D eigenvalue weighted by Crippen LogP contribution is 2.23. The third-order valence-corrected chi connectivity index (χ3v) is 4.86. The van der Waals surface area contributed by atoms with Crippen LogP contribution >= 0.6 is 12.2 Å². The molecule has 138 valence electrons. The average Bonchev–Trinajstić information content (AvgIpc) is 3.18. The molecule has 0 aliphatic carbocycles. The molecule has 4 nitrogen and oxygen atoms in total. The fourth-order valence-electron chi connectivity index (χ4n) is 3.20. The number of thiocarbonyl (C=S) groups is 1. The van der Waals surface area contributed by atoms with Crippen molar-refractivity contribution in [3.63, 3.8) is 0 Å². The van der Waals surface area contributed by atoms with Crippen LogP contribution in [0.15, 0.2) is 48.5 Å². The Balaban J connectivity index is 1.53. The Morgan fingerprint density at radius 3 is 2.35 bits per heavy atom. The number of nitrogens with one attached hydrogen (secondary N) is 2. The van der Waals surface area contributed by atoms with E-state index in [2.05, 4.69) is 46.7 Å². The quantitative estimate of drug-likeness (QED) is 0.720. The van der Waals surface area contributed by atoms with Crippen molar-refractivity contribution in [2.45, 2.75) is 32.7 Å². The molecule has 2 N–H and O–H groups in total. The Bertz CT molecular complexity index is 709. The first-order valence-electron chi connectivity index (χ1n) is 9.31. The smallest absolute Gasteiger partial charge is 0.171 e. The third-order valence-electron chi connectivity index (χ3n) is 4.64. The molecule has 0 saturated carbocycles. The van der Waals surface area contributed by atoms with E-state index in [1.165, 1.54) is 37.2 Å². The van der Waals surface area contributed by atoms with E-state index in [0.717, 1.165) is 11.4 Å². The Morgan fingerprint density at radius 1 is 1.08 bits per heavy atom. The van der Waals surface area contributed by atoms with Gasteiger partial charge in [-0.1, -0.05) is 12.1 Å². The van der Waals surface area contributed by atoms with Gasteiger partial charge in [0.1, 0.15) is 5.75 Å². The molecule has 1 saturated heterocycles. The zero-order valence-electron chi connectivity index (χ0n) is 15.5. The number of nitrogens with zero attached hydrogens (tertiary/aromatic N) is 1.